The second kappa shape index (κ2) is 5.87. The van der Waals surface area contributed by atoms with Crippen molar-refractivity contribution >= 4 is 11.3 Å². The van der Waals surface area contributed by atoms with Crippen molar-refractivity contribution < 1.29 is 4.74 Å². The standard InChI is InChI=1S/C17H18N2OS/c1-11-4-3-5-14(12(11)2)20-10-16-19-17(13-6-7-13)15(21-16)8-9-18/h3-5,13H,6-8,10H2,1-2H3. The summed E-state index contributed by atoms with van der Waals surface area (Å²) in [5.74, 6) is 1.50. The van der Waals surface area contributed by atoms with Crippen molar-refractivity contribution in [2.75, 3.05) is 0 Å². The highest BCUT2D eigenvalue weighted by Gasteiger charge is 2.29. The third kappa shape index (κ3) is 3.08. The number of aromatic nitrogens is 1. The maximum absolute atomic E-state index is 8.93. The number of aryl methyl sites for hydroxylation is 1. The van der Waals surface area contributed by atoms with Crippen molar-refractivity contribution in [2.45, 2.75) is 45.6 Å². The molecule has 0 radical (unpaired) electrons. The van der Waals surface area contributed by atoms with E-state index >= 15 is 0 Å². The molecule has 1 aromatic carbocycles. The average Bonchev–Trinajstić information content (AvgIpc) is 3.23. The Labute approximate surface area is 129 Å². The molecule has 0 bridgehead atoms. The van der Waals surface area contributed by atoms with Gasteiger partial charge in [0.05, 0.1) is 18.2 Å². The molecule has 1 aliphatic carbocycles. The zero-order valence-corrected chi connectivity index (χ0v) is 13.2. The summed E-state index contributed by atoms with van der Waals surface area (Å²) in [5, 5.41) is 9.90. The lowest BCUT2D eigenvalue weighted by Gasteiger charge is -2.09. The van der Waals surface area contributed by atoms with Gasteiger partial charge in [-0.3, -0.25) is 0 Å². The molecule has 1 aromatic heterocycles. The normalized spacial score (nSPS) is 14.0. The van der Waals surface area contributed by atoms with Crippen LogP contribution in [-0.4, -0.2) is 4.98 Å². The van der Waals surface area contributed by atoms with E-state index in [0.717, 1.165) is 21.3 Å². The van der Waals surface area contributed by atoms with E-state index in [-0.39, 0.29) is 0 Å². The van der Waals surface area contributed by atoms with E-state index in [1.165, 1.54) is 24.0 Å². The molecule has 2 aromatic rings. The Bertz CT molecular complexity index is 695. The van der Waals surface area contributed by atoms with Gasteiger partial charge in [-0.1, -0.05) is 12.1 Å². The van der Waals surface area contributed by atoms with Crippen LogP contribution in [0.25, 0.3) is 0 Å². The van der Waals surface area contributed by atoms with Crippen LogP contribution >= 0.6 is 11.3 Å². The number of nitriles is 1. The molecule has 4 heteroatoms. The second-order valence-electron chi connectivity index (χ2n) is 5.51. The third-order valence-electron chi connectivity index (χ3n) is 3.88. The molecule has 0 amide bonds. The minimum Gasteiger partial charge on any atom is -0.486 e. The van der Waals surface area contributed by atoms with E-state index in [4.69, 9.17) is 15.0 Å². The topological polar surface area (TPSA) is 45.9 Å². The first kappa shape index (κ1) is 14.1. The van der Waals surface area contributed by atoms with Gasteiger partial charge in [-0.2, -0.15) is 5.26 Å². The maximum Gasteiger partial charge on any atom is 0.140 e. The Hall–Kier alpha value is -1.86. The molecule has 3 nitrogen and oxygen atoms in total. The number of hydrogen-bond donors (Lipinski definition) is 0. The quantitative estimate of drug-likeness (QED) is 0.827. The fourth-order valence-corrected chi connectivity index (χ4v) is 3.37. The molecule has 3 rings (SSSR count). The first-order chi connectivity index (χ1) is 10.2. The Morgan fingerprint density at radius 1 is 1.38 bits per heavy atom. The van der Waals surface area contributed by atoms with E-state index in [1.807, 2.05) is 12.1 Å². The van der Waals surface area contributed by atoms with Crippen LogP contribution < -0.4 is 4.74 Å². The van der Waals surface area contributed by atoms with Gasteiger partial charge in [0.25, 0.3) is 0 Å². The van der Waals surface area contributed by atoms with Gasteiger partial charge in [0.15, 0.2) is 0 Å². The molecule has 1 aliphatic rings. The van der Waals surface area contributed by atoms with E-state index in [9.17, 15) is 0 Å². The summed E-state index contributed by atoms with van der Waals surface area (Å²) in [5.41, 5.74) is 3.55. The Kier molecular flexibility index (Phi) is 3.94. The average molecular weight is 298 g/mol. The first-order valence-corrected chi connectivity index (χ1v) is 8.05. The molecule has 108 valence electrons. The van der Waals surface area contributed by atoms with Crippen molar-refractivity contribution in [3.05, 3.63) is 44.9 Å². The highest BCUT2D eigenvalue weighted by molar-refractivity contribution is 7.11. The molecular weight excluding hydrogens is 280 g/mol. The van der Waals surface area contributed by atoms with Gasteiger partial charge in [0.2, 0.25) is 0 Å². The molecule has 0 unspecified atom stereocenters. The number of hydrogen-bond acceptors (Lipinski definition) is 4. The fourth-order valence-electron chi connectivity index (χ4n) is 2.37. The number of rotatable bonds is 5. The van der Waals surface area contributed by atoms with Crippen LogP contribution in [0, 0.1) is 25.2 Å². The summed E-state index contributed by atoms with van der Waals surface area (Å²) in [7, 11) is 0. The van der Waals surface area contributed by atoms with Crippen LogP contribution in [0.15, 0.2) is 18.2 Å². The van der Waals surface area contributed by atoms with Crippen molar-refractivity contribution in [3.63, 3.8) is 0 Å². The van der Waals surface area contributed by atoms with Gasteiger partial charge >= 0.3 is 0 Å². The monoisotopic (exact) mass is 298 g/mol. The van der Waals surface area contributed by atoms with Crippen LogP contribution in [-0.2, 0) is 13.0 Å². The summed E-state index contributed by atoms with van der Waals surface area (Å²) in [6.45, 7) is 4.64. The SMILES string of the molecule is Cc1cccc(OCc2nc(C3CC3)c(CC#N)s2)c1C. The van der Waals surface area contributed by atoms with Crippen LogP contribution in [0.4, 0.5) is 0 Å². The van der Waals surface area contributed by atoms with Crippen LogP contribution in [0.1, 0.15) is 45.5 Å². The zero-order valence-electron chi connectivity index (χ0n) is 12.3. The molecule has 0 spiro atoms. The number of benzene rings is 1. The number of ether oxygens (including phenoxy) is 1. The Balaban J connectivity index is 1.74. The van der Waals surface area contributed by atoms with E-state index in [1.54, 1.807) is 11.3 Å². The highest BCUT2D eigenvalue weighted by Crippen LogP contribution is 2.42. The molecular formula is C17H18N2OS. The molecule has 21 heavy (non-hydrogen) atoms. The van der Waals surface area contributed by atoms with Gasteiger partial charge in [-0.25, -0.2) is 4.98 Å². The van der Waals surface area contributed by atoms with Gasteiger partial charge < -0.3 is 4.74 Å². The molecule has 0 N–H and O–H groups in total. The molecule has 1 fully saturated rings. The van der Waals surface area contributed by atoms with E-state index < -0.39 is 0 Å². The lowest BCUT2D eigenvalue weighted by atomic mass is 10.1. The Morgan fingerprint density at radius 2 is 2.19 bits per heavy atom. The van der Waals surface area contributed by atoms with Crippen molar-refractivity contribution in [1.82, 2.24) is 4.98 Å². The predicted octanol–water partition coefficient (Wildman–Crippen LogP) is 4.28. The maximum atomic E-state index is 8.93. The van der Waals surface area contributed by atoms with Crippen LogP contribution in [0.2, 0.25) is 0 Å². The lowest BCUT2D eigenvalue weighted by molar-refractivity contribution is 0.303. The van der Waals surface area contributed by atoms with Gasteiger partial charge in [-0.15, -0.1) is 11.3 Å². The second-order valence-corrected chi connectivity index (χ2v) is 6.68. The van der Waals surface area contributed by atoms with Gasteiger partial charge in [0.1, 0.15) is 17.4 Å². The third-order valence-corrected chi connectivity index (χ3v) is 4.93. The molecule has 0 saturated heterocycles. The summed E-state index contributed by atoms with van der Waals surface area (Å²) in [6.07, 6.45) is 2.88. The number of nitrogens with zero attached hydrogens (tertiary/aromatic N) is 2. The molecule has 1 heterocycles. The summed E-state index contributed by atoms with van der Waals surface area (Å²) < 4.78 is 5.92. The largest absolute Gasteiger partial charge is 0.486 e. The van der Waals surface area contributed by atoms with Gasteiger partial charge in [0, 0.05) is 10.8 Å². The summed E-state index contributed by atoms with van der Waals surface area (Å²) in [4.78, 5) is 5.82. The fraction of sp³-hybridized carbons (Fsp3) is 0.412. The Morgan fingerprint density at radius 3 is 2.90 bits per heavy atom. The minimum absolute atomic E-state index is 0.465. The van der Waals surface area contributed by atoms with Crippen LogP contribution in [0.5, 0.6) is 5.75 Å². The van der Waals surface area contributed by atoms with E-state index in [0.29, 0.717) is 18.9 Å². The number of thiazole rings is 1. The first-order valence-electron chi connectivity index (χ1n) is 7.23. The smallest absolute Gasteiger partial charge is 0.140 e. The summed E-state index contributed by atoms with van der Waals surface area (Å²) in [6, 6.07) is 8.33. The van der Waals surface area contributed by atoms with Crippen molar-refractivity contribution in [1.29, 1.82) is 5.26 Å². The van der Waals surface area contributed by atoms with Crippen molar-refractivity contribution in [2.24, 2.45) is 0 Å². The van der Waals surface area contributed by atoms with Crippen LogP contribution in [0.3, 0.4) is 0 Å². The van der Waals surface area contributed by atoms with E-state index in [2.05, 4.69) is 26.0 Å². The predicted molar refractivity (Wildman–Crippen MR) is 83.7 cm³/mol. The zero-order chi connectivity index (χ0) is 14.8. The minimum atomic E-state index is 0.465. The molecule has 0 aliphatic heterocycles. The lowest BCUT2D eigenvalue weighted by Crippen LogP contribution is -1.97. The molecule has 1 saturated carbocycles. The molecule has 0 atom stereocenters. The van der Waals surface area contributed by atoms with Gasteiger partial charge in [-0.05, 0) is 43.9 Å². The highest BCUT2D eigenvalue weighted by atomic mass is 32.1. The summed E-state index contributed by atoms with van der Waals surface area (Å²) >= 11 is 1.62. The van der Waals surface area contributed by atoms with Crippen molar-refractivity contribution in [3.8, 4) is 11.8 Å².